The van der Waals surface area contributed by atoms with Gasteiger partial charge in [0.05, 0.1) is 6.10 Å². The molecule has 3 fully saturated rings. The predicted molar refractivity (Wildman–Crippen MR) is 64.4 cm³/mol. The Labute approximate surface area is 98.2 Å². The van der Waals surface area contributed by atoms with Gasteiger partial charge in [0.25, 0.3) is 0 Å². The molecule has 0 radical (unpaired) electrons. The van der Waals surface area contributed by atoms with Gasteiger partial charge < -0.3 is 10.4 Å². The first-order chi connectivity index (χ1) is 7.83. The van der Waals surface area contributed by atoms with Gasteiger partial charge in [0.2, 0.25) is 0 Å². The fourth-order valence-electron chi connectivity index (χ4n) is 3.88. The van der Waals surface area contributed by atoms with E-state index in [0.717, 1.165) is 12.8 Å². The van der Waals surface area contributed by atoms with E-state index in [1.807, 2.05) is 0 Å². The highest BCUT2D eigenvalue weighted by molar-refractivity contribution is 4.96. The highest BCUT2D eigenvalue weighted by Gasteiger charge is 2.40. The molecule has 3 rings (SSSR count). The number of aliphatic hydroxyl groups excluding tert-OH is 1. The minimum atomic E-state index is -0.0203. The van der Waals surface area contributed by atoms with Gasteiger partial charge in [0, 0.05) is 24.7 Å². The van der Waals surface area contributed by atoms with E-state index < -0.39 is 0 Å². The number of piperidine rings is 2. The van der Waals surface area contributed by atoms with Crippen LogP contribution in [0.5, 0.6) is 0 Å². The molecule has 0 aromatic carbocycles. The molecule has 3 nitrogen and oxygen atoms in total. The molecular formula is C13H24N2O. The van der Waals surface area contributed by atoms with Crippen molar-refractivity contribution < 1.29 is 5.11 Å². The van der Waals surface area contributed by atoms with Crippen molar-refractivity contribution in [3.8, 4) is 0 Å². The summed E-state index contributed by atoms with van der Waals surface area (Å²) in [6, 6.07) is 2.07. The Morgan fingerprint density at radius 1 is 1.06 bits per heavy atom. The molecule has 3 saturated heterocycles. The van der Waals surface area contributed by atoms with E-state index in [1.54, 1.807) is 0 Å². The Morgan fingerprint density at radius 3 is 2.44 bits per heavy atom. The summed E-state index contributed by atoms with van der Waals surface area (Å²) in [5.74, 6) is 0. The van der Waals surface area contributed by atoms with Gasteiger partial charge in [0.15, 0.2) is 0 Å². The van der Waals surface area contributed by atoms with Crippen molar-refractivity contribution in [1.82, 2.24) is 10.2 Å². The molecule has 3 aliphatic rings. The standard InChI is InChI=1S/C13H24N2O/c16-13-7-11-4-5-12(8-13)15(11)9-10-3-1-2-6-14-10/h10-14,16H,1-9H2. The molecule has 0 aromatic rings. The maximum Gasteiger partial charge on any atom is 0.0570 e. The van der Waals surface area contributed by atoms with Crippen LogP contribution in [-0.2, 0) is 0 Å². The lowest BCUT2D eigenvalue weighted by atomic mass is 9.97. The third-order valence-corrected chi connectivity index (χ3v) is 4.70. The van der Waals surface area contributed by atoms with Crippen LogP contribution in [-0.4, -0.2) is 47.3 Å². The number of nitrogens with one attached hydrogen (secondary N) is 1. The van der Waals surface area contributed by atoms with Gasteiger partial charge in [-0.3, -0.25) is 4.90 Å². The Balaban J connectivity index is 1.58. The lowest BCUT2D eigenvalue weighted by Crippen LogP contribution is -2.51. The molecule has 3 aliphatic heterocycles. The van der Waals surface area contributed by atoms with Gasteiger partial charge in [0.1, 0.15) is 0 Å². The van der Waals surface area contributed by atoms with Crippen LogP contribution in [0.3, 0.4) is 0 Å². The molecule has 0 aliphatic carbocycles. The van der Waals surface area contributed by atoms with Gasteiger partial charge in [-0.25, -0.2) is 0 Å². The molecule has 0 amide bonds. The second-order valence-electron chi connectivity index (χ2n) is 5.85. The van der Waals surface area contributed by atoms with Crippen LogP contribution in [0.25, 0.3) is 0 Å². The molecule has 0 aromatic heterocycles. The Kier molecular flexibility index (Phi) is 3.18. The summed E-state index contributed by atoms with van der Waals surface area (Å²) in [5, 5.41) is 13.4. The fraction of sp³-hybridized carbons (Fsp3) is 1.00. The number of rotatable bonds is 2. The first kappa shape index (κ1) is 11.0. The lowest BCUT2D eigenvalue weighted by Gasteiger charge is -2.40. The molecule has 3 unspecified atom stereocenters. The van der Waals surface area contributed by atoms with E-state index in [9.17, 15) is 5.11 Å². The topological polar surface area (TPSA) is 35.5 Å². The number of hydrogen-bond acceptors (Lipinski definition) is 3. The molecule has 16 heavy (non-hydrogen) atoms. The van der Waals surface area contributed by atoms with Crippen LogP contribution in [0.1, 0.15) is 44.9 Å². The monoisotopic (exact) mass is 224 g/mol. The minimum Gasteiger partial charge on any atom is -0.393 e. The molecule has 92 valence electrons. The van der Waals surface area contributed by atoms with E-state index in [4.69, 9.17) is 0 Å². The number of hydrogen-bond donors (Lipinski definition) is 2. The molecule has 0 saturated carbocycles. The zero-order chi connectivity index (χ0) is 11.0. The van der Waals surface area contributed by atoms with Gasteiger partial charge in [-0.05, 0) is 45.1 Å². The molecule has 3 atom stereocenters. The lowest BCUT2D eigenvalue weighted by molar-refractivity contribution is 0.0287. The zero-order valence-corrected chi connectivity index (χ0v) is 10.1. The van der Waals surface area contributed by atoms with Crippen LogP contribution in [0.4, 0.5) is 0 Å². The summed E-state index contributed by atoms with van der Waals surface area (Å²) in [5.41, 5.74) is 0. The number of nitrogens with zero attached hydrogens (tertiary/aromatic N) is 1. The quantitative estimate of drug-likeness (QED) is 0.738. The second-order valence-corrected chi connectivity index (χ2v) is 5.85. The first-order valence-electron chi connectivity index (χ1n) is 7.00. The molecule has 2 bridgehead atoms. The van der Waals surface area contributed by atoms with Crippen LogP contribution in [0.15, 0.2) is 0 Å². The average Bonchev–Trinajstić information content (AvgIpc) is 2.54. The van der Waals surface area contributed by atoms with Gasteiger partial charge >= 0.3 is 0 Å². The Morgan fingerprint density at radius 2 is 1.81 bits per heavy atom. The highest BCUT2D eigenvalue weighted by Crippen LogP contribution is 2.35. The Hall–Kier alpha value is -0.120. The van der Waals surface area contributed by atoms with Crippen molar-refractivity contribution in [2.45, 2.75) is 69.2 Å². The van der Waals surface area contributed by atoms with Crippen LogP contribution >= 0.6 is 0 Å². The molecular weight excluding hydrogens is 200 g/mol. The Bertz CT molecular complexity index is 226. The zero-order valence-electron chi connectivity index (χ0n) is 10.1. The summed E-state index contributed by atoms with van der Waals surface area (Å²) in [6.07, 6.45) is 8.73. The molecule has 3 heteroatoms. The SMILES string of the molecule is OC1CC2CCC(C1)N2CC1CCCCN1. The van der Waals surface area contributed by atoms with Crippen molar-refractivity contribution in [2.75, 3.05) is 13.1 Å². The minimum absolute atomic E-state index is 0.0203. The summed E-state index contributed by atoms with van der Waals surface area (Å²) in [4.78, 5) is 2.69. The van der Waals surface area contributed by atoms with Gasteiger partial charge in [-0.1, -0.05) is 6.42 Å². The van der Waals surface area contributed by atoms with Crippen molar-refractivity contribution in [2.24, 2.45) is 0 Å². The largest absolute Gasteiger partial charge is 0.393 e. The number of fused-ring (bicyclic) bond motifs is 2. The summed E-state index contributed by atoms with van der Waals surface area (Å²) in [7, 11) is 0. The third-order valence-electron chi connectivity index (χ3n) is 4.70. The van der Waals surface area contributed by atoms with Crippen molar-refractivity contribution in [3.05, 3.63) is 0 Å². The summed E-state index contributed by atoms with van der Waals surface area (Å²) < 4.78 is 0. The third kappa shape index (κ3) is 2.13. The van der Waals surface area contributed by atoms with Gasteiger partial charge in [-0.15, -0.1) is 0 Å². The fourth-order valence-corrected chi connectivity index (χ4v) is 3.88. The smallest absolute Gasteiger partial charge is 0.0570 e. The van der Waals surface area contributed by atoms with E-state index in [2.05, 4.69) is 10.2 Å². The van der Waals surface area contributed by atoms with Crippen LogP contribution in [0, 0.1) is 0 Å². The molecule has 2 N–H and O–H groups in total. The maximum atomic E-state index is 9.77. The molecule has 3 heterocycles. The van der Waals surface area contributed by atoms with Crippen LogP contribution < -0.4 is 5.32 Å². The number of aliphatic hydroxyl groups is 1. The predicted octanol–water partition coefficient (Wildman–Crippen LogP) is 1.12. The summed E-state index contributed by atoms with van der Waals surface area (Å²) >= 11 is 0. The summed E-state index contributed by atoms with van der Waals surface area (Å²) in [6.45, 7) is 2.43. The first-order valence-corrected chi connectivity index (χ1v) is 7.00. The van der Waals surface area contributed by atoms with Gasteiger partial charge in [-0.2, -0.15) is 0 Å². The van der Waals surface area contributed by atoms with Crippen molar-refractivity contribution >= 4 is 0 Å². The average molecular weight is 224 g/mol. The van der Waals surface area contributed by atoms with E-state index in [1.165, 1.54) is 45.2 Å². The van der Waals surface area contributed by atoms with Crippen molar-refractivity contribution in [3.63, 3.8) is 0 Å². The van der Waals surface area contributed by atoms with Crippen molar-refractivity contribution in [1.29, 1.82) is 0 Å². The highest BCUT2D eigenvalue weighted by atomic mass is 16.3. The van der Waals surface area contributed by atoms with Crippen LogP contribution in [0.2, 0.25) is 0 Å². The van der Waals surface area contributed by atoms with E-state index >= 15 is 0 Å². The normalized spacial score (nSPS) is 44.8. The molecule has 0 spiro atoms. The van der Waals surface area contributed by atoms with E-state index in [0.29, 0.717) is 18.1 Å². The maximum absolute atomic E-state index is 9.77. The van der Waals surface area contributed by atoms with E-state index in [-0.39, 0.29) is 6.10 Å². The second kappa shape index (κ2) is 4.63.